The number of hydrogen-bond donors (Lipinski definition) is 1. The third kappa shape index (κ3) is 2.68. The zero-order chi connectivity index (χ0) is 12.5. The number of halogens is 3. The van der Waals surface area contributed by atoms with Crippen molar-refractivity contribution in [2.24, 2.45) is 5.92 Å². The maximum absolute atomic E-state index is 14.4. The van der Waals surface area contributed by atoms with Crippen LogP contribution in [0.25, 0.3) is 0 Å². The largest absolute Gasteiger partial charge is 0.317 e. The van der Waals surface area contributed by atoms with Gasteiger partial charge in [-0.05, 0) is 50.6 Å². The van der Waals surface area contributed by atoms with E-state index in [9.17, 15) is 8.78 Å². The summed E-state index contributed by atoms with van der Waals surface area (Å²) in [5.41, 5.74) is 0.829. The van der Waals surface area contributed by atoms with Gasteiger partial charge in [-0.3, -0.25) is 0 Å². The van der Waals surface area contributed by atoms with Crippen LogP contribution >= 0.6 is 15.9 Å². The molecule has 4 heteroatoms. The molecule has 2 rings (SSSR count). The Morgan fingerprint density at radius 1 is 1.29 bits per heavy atom. The Balaban J connectivity index is 2.32. The fourth-order valence-corrected chi connectivity index (χ4v) is 2.72. The molecule has 0 amide bonds. The number of alkyl halides is 2. The van der Waals surface area contributed by atoms with E-state index >= 15 is 0 Å². The number of aryl methyl sites for hydroxylation is 1. The summed E-state index contributed by atoms with van der Waals surface area (Å²) < 4.78 is 29.6. The molecule has 0 atom stereocenters. The van der Waals surface area contributed by atoms with Crippen LogP contribution in [0, 0.1) is 12.8 Å². The van der Waals surface area contributed by atoms with Crippen LogP contribution in [0.4, 0.5) is 8.78 Å². The normalized spacial score (nSPS) is 18.4. The Morgan fingerprint density at radius 2 is 1.94 bits per heavy atom. The van der Waals surface area contributed by atoms with Crippen molar-refractivity contribution in [3.8, 4) is 0 Å². The Labute approximate surface area is 109 Å². The predicted molar refractivity (Wildman–Crippen MR) is 68.4 cm³/mol. The summed E-state index contributed by atoms with van der Waals surface area (Å²) in [5, 5.41) is 3.12. The third-order valence-electron chi connectivity index (χ3n) is 3.41. The lowest BCUT2D eigenvalue weighted by molar-refractivity contribution is -0.0758. The number of nitrogens with one attached hydrogen (secondary N) is 1. The number of piperidine rings is 1. The van der Waals surface area contributed by atoms with Gasteiger partial charge in [-0.1, -0.05) is 22.0 Å². The molecule has 1 fully saturated rings. The quantitative estimate of drug-likeness (QED) is 0.875. The zero-order valence-corrected chi connectivity index (χ0v) is 11.4. The first-order valence-corrected chi connectivity index (χ1v) is 6.66. The van der Waals surface area contributed by atoms with Crippen LogP contribution in [-0.2, 0) is 5.92 Å². The molecule has 17 heavy (non-hydrogen) atoms. The van der Waals surface area contributed by atoms with Crippen molar-refractivity contribution >= 4 is 15.9 Å². The van der Waals surface area contributed by atoms with Crippen LogP contribution in [0.1, 0.15) is 24.0 Å². The Kier molecular flexibility index (Phi) is 3.83. The topological polar surface area (TPSA) is 12.0 Å². The van der Waals surface area contributed by atoms with Crippen LogP contribution < -0.4 is 5.32 Å². The molecular formula is C13H16BrF2N. The summed E-state index contributed by atoms with van der Waals surface area (Å²) >= 11 is 3.27. The van der Waals surface area contributed by atoms with Crippen molar-refractivity contribution in [3.05, 3.63) is 33.8 Å². The van der Waals surface area contributed by atoms with Crippen molar-refractivity contribution in [2.75, 3.05) is 13.1 Å². The van der Waals surface area contributed by atoms with Gasteiger partial charge in [0.15, 0.2) is 0 Å². The molecular weight excluding hydrogens is 288 g/mol. The van der Waals surface area contributed by atoms with E-state index in [0.717, 1.165) is 0 Å². The highest BCUT2D eigenvalue weighted by atomic mass is 79.9. The molecule has 0 aromatic heterocycles. The Hall–Kier alpha value is -0.480. The van der Waals surface area contributed by atoms with Crippen LogP contribution in [0.3, 0.4) is 0 Å². The molecule has 0 unspecified atom stereocenters. The first-order chi connectivity index (χ1) is 8.01. The maximum atomic E-state index is 14.4. The van der Waals surface area contributed by atoms with Gasteiger partial charge in [-0.15, -0.1) is 0 Å². The molecule has 1 aliphatic rings. The molecule has 1 aromatic carbocycles. The monoisotopic (exact) mass is 303 g/mol. The van der Waals surface area contributed by atoms with Crippen molar-refractivity contribution in [1.82, 2.24) is 5.32 Å². The van der Waals surface area contributed by atoms with Crippen LogP contribution in [0.5, 0.6) is 0 Å². The lowest BCUT2D eigenvalue weighted by Crippen LogP contribution is -2.37. The van der Waals surface area contributed by atoms with Gasteiger partial charge < -0.3 is 5.32 Å². The second-order valence-corrected chi connectivity index (χ2v) is 5.52. The molecule has 0 radical (unpaired) electrons. The number of benzene rings is 1. The van der Waals surface area contributed by atoms with Crippen LogP contribution in [0.15, 0.2) is 22.7 Å². The first kappa shape index (κ1) is 13.0. The molecule has 0 aliphatic carbocycles. The lowest BCUT2D eigenvalue weighted by Gasteiger charge is -2.31. The summed E-state index contributed by atoms with van der Waals surface area (Å²) in [6.07, 6.45) is 1.08. The molecule has 0 saturated carbocycles. The summed E-state index contributed by atoms with van der Waals surface area (Å²) in [7, 11) is 0. The van der Waals surface area contributed by atoms with Gasteiger partial charge in [0.25, 0.3) is 5.92 Å². The van der Waals surface area contributed by atoms with Crippen molar-refractivity contribution < 1.29 is 8.78 Å². The average molecular weight is 304 g/mol. The highest BCUT2D eigenvalue weighted by Gasteiger charge is 2.42. The van der Waals surface area contributed by atoms with Gasteiger partial charge in [0.2, 0.25) is 0 Å². The summed E-state index contributed by atoms with van der Waals surface area (Å²) in [6, 6.07) is 5.10. The predicted octanol–water partition coefficient (Wildman–Crippen LogP) is 3.85. The van der Waals surface area contributed by atoms with Gasteiger partial charge in [0.1, 0.15) is 0 Å². The van der Waals surface area contributed by atoms with E-state index in [1.807, 2.05) is 0 Å². The molecule has 1 aliphatic heterocycles. The first-order valence-electron chi connectivity index (χ1n) is 5.87. The fourth-order valence-electron chi connectivity index (χ4n) is 2.36. The Morgan fingerprint density at radius 3 is 2.59 bits per heavy atom. The highest BCUT2D eigenvalue weighted by molar-refractivity contribution is 9.10. The van der Waals surface area contributed by atoms with Gasteiger partial charge in [-0.2, -0.15) is 0 Å². The molecule has 0 bridgehead atoms. The van der Waals surface area contributed by atoms with Gasteiger partial charge in [0.05, 0.1) is 0 Å². The third-order valence-corrected chi connectivity index (χ3v) is 3.90. The number of rotatable bonds is 2. The minimum Gasteiger partial charge on any atom is -0.317 e. The Bertz CT molecular complexity index is 400. The molecule has 1 N–H and O–H groups in total. The van der Waals surface area contributed by atoms with Crippen molar-refractivity contribution in [3.63, 3.8) is 0 Å². The van der Waals surface area contributed by atoms with E-state index in [-0.39, 0.29) is 5.56 Å². The van der Waals surface area contributed by atoms with Crippen molar-refractivity contribution in [2.45, 2.75) is 25.7 Å². The fraction of sp³-hybridized carbons (Fsp3) is 0.538. The zero-order valence-electron chi connectivity index (χ0n) is 9.77. The van der Waals surface area contributed by atoms with E-state index in [1.54, 1.807) is 25.1 Å². The standard InChI is InChI=1S/C13H16BrF2N/c1-9-2-3-11(14)8-12(9)13(15,16)10-4-6-17-7-5-10/h2-3,8,10,17H,4-7H2,1H3. The van der Waals surface area contributed by atoms with Gasteiger partial charge >= 0.3 is 0 Å². The second-order valence-electron chi connectivity index (χ2n) is 4.61. The smallest absolute Gasteiger partial charge is 0.276 e. The molecule has 1 nitrogen and oxygen atoms in total. The van der Waals surface area contributed by atoms with E-state index < -0.39 is 11.8 Å². The van der Waals surface area contributed by atoms with Crippen LogP contribution in [0.2, 0.25) is 0 Å². The summed E-state index contributed by atoms with van der Waals surface area (Å²) in [5.74, 6) is -3.27. The summed E-state index contributed by atoms with van der Waals surface area (Å²) in [4.78, 5) is 0. The molecule has 94 valence electrons. The van der Waals surface area contributed by atoms with Crippen molar-refractivity contribution in [1.29, 1.82) is 0 Å². The van der Waals surface area contributed by atoms with E-state index in [0.29, 0.717) is 36.0 Å². The van der Waals surface area contributed by atoms with E-state index in [1.165, 1.54) is 0 Å². The molecule has 1 saturated heterocycles. The second kappa shape index (κ2) is 5.02. The van der Waals surface area contributed by atoms with E-state index in [4.69, 9.17) is 0 Å². The molecule has 1 heterocycles. The van der Waals surface area contributed by atoms with E-state index in [2.05, 4.69) is 21.2 Å². The average Bonchev–Trinajstić information content (AvgIpc) is 2.33. The molecule has 0 spiro atoms. The van der Waals surface area contributed by atoms with Gasteiger partial charge in [-0.25, -0.2) is 8.78 Å². The maximum Gasteiger partial charge on any atom is 0.276 e. The van der Waals surface area contributed by atoms with Gasteiger partial charge in [0, 0.05) is 16.0 Å². The number of hydrogen-bond acceptors (Lipinski definition) is 1. The highest BCUT2D eigenvalue weighted by Crippen LogP contribution is 2.42. The minimum absolute atomic E-state index is 0.166. The summed E-state index contributed by atoms with van der Waals surface area (Å²) in [6.45, 7) is 3.12. The SMILES string of the molecule is Cc1ccc(Br)cc1C(F)(F)C1CCNCC1. The van der Waals surface area contributed by atoms with Crippen LogP contribution in [-0.4, -0.2) is 13.1 Å². The minimum atomic E-state index is -2.73. The molecule has 1 aromatic rings. The lowest BCUT2D eigenvalue weighted by atomic mass is 9.85.